The molecule has 8 heteroatoms. The van der Waals surface area contributed by atoms with E-state index < -0.39 is 29.3 Å². The molecule has 0 unspecified atom stereocenters. The molecule has 8 nitrogen and oxygen atoms in total. The molecule has 1 saturated carbocycles. The van der Waals surface area contributed by atoms with Crippen LogP contribution in [0.1, 0.15) is 42.5 Å². The summed E-state index contributed by atoms with van der Waals surface area (Å²) in [5.41, 5.74) is 1.80. The Morgan fingerprint density at radius 1 is 1.08 bits per heavy atom. The van der Waals surface area contributed by atoms with Gasteiger partial charge in [-0.05, 0) is 25.0 Å². The molecule has 3 rings (SSSR count). The first kappa shape index (κ1) is 16.9. The number of nitrogens with zero attached hydrogens (tertiary/aromatic N) is 1. The Kier molecular flexibility index (Phi) is 4.69. The number of benzene rings is 1. The van der Waals surface area contributed by atoms with Crippen LogP contribution in [0.5, 0.6) is 0 Å². The molecule has 0 atom stereocenters. The fraction of sp³-hybridized carbons (Fsp3) is 0.412. The molecule has 0 radical (unpaired) electrons. The molecular weight excluding hydrogens is 324 g/mol. The van der Waals surface area contributed by atoms with E-state index in [0.29, 0.717) is 18.4 Å². The molecule has 1 aromatic carbocycles. The van der Waals surface area contributed by atoms with Gasteiger partial charge in [0.05, 0.1) is 6.54 Å². The van der Waals surface area contributed by atoms with Gasteiger partial charge < -0.3 is 10.6 Å². The Hall–Kier alpha value is -2.90. The molecule has 3 N–H and O–H groups in total. The van der Waals surface area contributed by atoms with E-state index >= 15 is 0 Å². The molecule has 1 heterocycles. The normalized spacial score (nSPS) is 18.8. The number of imide groups is 1. The molecule has 2 aliphatic rings. The Bertz CT molecular complexity index is 698. The van der Waals surface area contributed by atoms with E-state index in [1.165, 1.54) is 0 Å². The maximum Gasteiger partial charge on any atom is 0.344 e. The van der Waals surface area contributed by atoms with E-state index in [-0.39, 0.29) is 6.54 Å². The van der Waals surface area contributed by atoms with Crippen molar-refractivity contribution in [1.82, 2.24) is 21.1 Å². The van der Waals surface area contributed by atoms with Crippen LogP contribution in [0.15, 0.2) is 30.3 Å². The van der Waals surface area contributed by atoms with Gasteiger partial charge in [-0.1, -0.05) is 37.5 Å². The van der Waals surface area contributed by atoms with Gasteiger partial charge in [-0.15, -0.1) is 0 Å². The van der Waals surface area contributed by atoms with Crippen molar-refractivity contribution in [2.45, 2.75) is 37.6 Å². The van der Waals surface area contributed by atoms with Crippen LogP contribution in [0, 0.1) is 0 Å². The Balaban J connectivity index is 1.55. The zero-order valence-corrected chi connectivity index (χ0v) is 13.7. The third-order valence-electron chi connectivity index (χ3n) is 4.55. The minimum atomic E-state index is -0.893. The highest BCUT2D eigenvalue weighted by molar-refractivity contribution is 6.08. The quantitative estimate of drug-likeness (QED) is 0.699. The average Bonchev–Trinajstić information content (AvgIpc) is 2.85. The summed E-state index contributed by atoms with van der Waals surface area (Å²) in [6, 6.07) is 7.82. The molecule has 2 fully saturated rings. The van der Waals surface area contributed by atoms with Gasteiger partial charge in [0.2, 0.25) is 0 Å². The van der Waals surface area contributed by atoms with Gasteiger partial charge in [-0.2, -0.15) is 5.01 Å². The topological polar surface area (TPSA) is 108 Å². The zero-order chi connectivity index (χ0) is 17.9. The van der Waals surface area contributed by atoms with Gasteiger partial charge in [0.1, 0.15) is 5.54 Å². The van der Waals surface area contributed by atoms with E-state index in [9.17, 15) is 19.2 Å². The summed E-state index contributed by atoms with van der Waals surface area (Å²) in [5.74, 6) is -1.47. The second-order valence-electron chi connectivity index (χ2n) is 6.30. The lowest BCUT2D eigenvalue weighted by molar-refractivity contribution is -0.139. The van der Waals surface area contributed by atoms with Gasteiger partial charge in [-0.25, -0.2) is 4.79 Å². The summed E-state index contributed by atoms with van der Waals surface area (Å²) in [6.07, 6.45) is 3.91. The van der Waals surface area contributed by atoms with Gasteiger partial charge in [-0.3, -0.25) is 19.8 Å². The van der Waals surface area contributed by atoms with Crippen LogP contribution in [-0.4, -0.2) is 40.8 Å². The lowest BCUT2D eigenvalue weighted by Gasteiger charge is -2.30. The minimum absolute atomic E-state index is 0.336. The molecule has 5 amide bonds. The summed E-state index contributed by atoms with van der Waals surface area (Å²) in [5, 5.41) is 5.88. The second-order valence-corrected chi connectivity index (χ2v) is 6.30. The zero-order valence-electron chi connectivity index (χ0n) is 13.7. The van der Waals surface area contributed by atoms with Crippen LogP contribution in [-0.2, 0) is 9.59 Å². The molecule has 1 spiro atoms. The molecule has 25 heavy (non-hydrogen) atoms. The van der Waals surface area contributed by atoms with Crippen LogP contribution >= 0.6 is 0 Å². The number of carbonyl (C=O) groups is 4. The number of hydrogen-bond acceptors (Lipinski definition) is 4. The lowest BCUT2D eigenvalue weighted by atomic mass is 9.82. The smallest absolute Gasteiger partial charge is 0.343 e. The third kappa shape index (κ3) is 3.47. The van der Waals surface area contributed by atoms with E-state index in [0.717, 1.165) is 24.3 Å². The first-order valence-electron chi connectivity index (χ1n) is 8.31. The highest BCUT2D eigenvalue weighted by atomic mass is 16.2. The SMILES string of the molecule is O=C(CNC(=O)c1ccccc1)NN1C(=O)NC2(CCCCC2)C1=O. The van der Waals surface area contributed by atoms with Gasteiger partial charge in [0.15, 0.2) is 0 Å². The first-order chi connectivity index (χ1) is 12.0. The first-order valence-corrected chi connectivity index (χ1v) is 8.31. The van der Waals surface area contributed by atoms with Crippen molar-refractivity contribution in [3.63, 3.8) is 0 Å². The van der Waals surface area contributed by atoms with Crippen molar-refractivity contribution in [3.05, 3.63) is 35.9 Å². The predicted molar refractivity (Wildman–Crippen MR) is 88.1 cm³/mol. The van der Waals surface area contributed by atoms with Crippen LogP contribution in [0.2, 0.25) is 0 Å². The number of urea groups is 1. The average molecular weight is 344 g/mol. The van der Waals surface area contributed by atoms with E-state index in [4.69, 9.17) is 0 Å². The summed E-state index contributed by atoms with van der Waals surface area (Å²) in [4.78, 5) is 48.5. The molecular formula is C17H20N4O4. The maximum absolute atomic E-state index is 12.5. The maximum atomic E-state index is 12.5. The van der Waals surface area contributed by atoms with Crippen LogP contribution < -0.4 is 16.1 Å². The van der Waals surface area contributed by atoms with Crippen molar-refractivity contribution in [3.8, 4) is 0 Å². The molecule has 1 aromatic rings. The van der Waals surface area contributed by atoms with E-state index in [1.54, 1.807) is 30.3 Å². The van der Waals surface area contributed by atoms with Crippen LogP contribution in [0.4, 0.5) is 4.79 Å². The number of nitrogens with one attached hydrogen (secondary N) is 3. The Morgan fingerprint density at radius 2 is 1.76 bits per heavy atom. The largest absolute Gasteiger partial charge is 0.344 e. The highest BCUT2D eigenvalue weighted by Gasteiger charge is 2.52. The molecule has 1 aliphatic carbocycles. The highest BCUT2D eigenvalue weighted by Crippen LogP contribution is 2.32. The lowest BCUT2D eigenvalue weighted by Crippen LogP contribution is -2.52. The molecule has 1 saturated heterocycles. The van der Waals surface area contributed by atoms with Crippen molar-refractivity contribution in [1.29, 1.82) is 0 Å². The van der Waals surface area contributed by atoms with Crippen LogP contribution in [0.25, 0.3) is 0 Å². The molecule has 0 bridgehead atoms. The summed E-state index contributed by atoms with van der Waals surface area (Å²) >= 11 is 0. The summed E-state index contributed by atoms with van der Waals surface area (Å²) < 4.78 is 0. The van der Waals surface area contributed by atoms with Crippen molar-refractivity contribution < 1.29 is 19.2 Å². The Labute approximate surface area is 144 Å². The molecule has 1 aliphatic heterocycles. The second kappa shape index (κ2) is 6.92. The van der Waals surface area contributed by atoms with Gasteiger partial charge >= 0.3 is 6.03 Å². The summed E-state index contributed by atoms with van der Waals surface area (Å²) in [6.45, 7) is -0.336. The number of carbonyl (C=O) groups excluding carboxylic acids is 4. The van der Waals surface area contributed by atoms with E-state index in [2.05, 4.69) is 16.1 Å². The minimum Gasteiger partial charge on any atom is -0.343 e. The fourth-order valence-electron chi connectivity index (χ4n) is 3.23. The van der Waals surface area contributed by atoms with Crippen molar-refractivity contribution in [2.24, 2.45) is 0 Å². The number of rotatable bonds is 4. The standard InChI is InChI=1S/C17H20N4O4/c22-13(11-18-14(23)12-7-3-1-4-8-12)20-21-15(24)17(19-16(21)25)9-5-2-6-10-17/h1,3-4,7-8H,2,5-6,9-11H2,(H,18,23)(H,19,25)(H,20,22). The number of amides is 5. The number of hydrazine groups is 1. The van der Waals surface area contributed by atoms with Gasteiger partial charge in [0, 0.05) is 5.56 Å². The third-order valence-corrected chi connectivity index (χ3v) is 4.55. The monoisotopic (exact) mass is 344 g/mol. The van der Waals surface area contributed by atoms with Crippen molar-refractivity contribution in [2.75, 3.05) is 6.54 Å². The predicted octanol–water partition coefficient (Wildman–Crippen LogP) is 0.702. The molecule has 132 valence electrons. The van der Waals surface area contributed by atoms with Gasteiger partial charge in [0.25, 0.3) is 17.7 Å². The summed E-state index contributed by atoms with van der Waals surface area (Å²) in [7, 11) is 0. The van der Waals surface area contributed by atoms with E-state index in [1.807, 2.05) is 0 Å². The Morgan fingerprint density at radius 3 is 2.44 bits per heavy atom. The molecule has 0 aromatic heterocycles. The number of hydrogen-bond donors (Lipinski definition) is 3. The fourth-order valence-corrected chi connectivity index (χ4v) is 3.23. The van der Waals surface area contributed by atoms with Crippen LogP contribution in [0.3, 0.4) is 0 Å². The van der Waals surface area contributed by atoms with Crippen molar-refractivity contribution >= 4 is 23.8 Å².